The topological polar surface area (TPSA) is 45.7 Å². The van der Waals surface area contributed by atoms with E-state index in [1.807, 2.05) is 33.8 Å². The first-order valence-electron chi connectivity index (χ1n) is 7.10. The summed E-state index contributed by atoms with van der Waals surface area (Å²) < 4.78 is 5.55. The fourth-order valence-corrected chi connectivity index (χ4v) is 2.85. The smallest absolute Gasteiger partial charge is 0.416 e. The number of pyridine rings is 1. The zero-order valence-electron chi connectivity index (χ0n) is 12.5. The molecular formula is C15H21N3O2. The molecule has 5 nitrogen and oxygen atoms in total. The van der Waals surface area contributed by atoms with Crippen molar-refractivity contribution in [2.45, 2.75) is 45.8 Å². The molecule has 0 spiro atoms. The van der Waals surface area contributed by atoms with Crippen LogP contribution in [0.15, 0.2) is 12.1 Å². The molecule has 20 heavy (non-hydrogen) atoms. The zero-order chi connectivity index (χ0) is 14.5. The Bertz CT molecular complexity index is 551. The van der Waals surface area contributed by atoms with Gasteiger partial charge >= 0.3 is 6.09 Å². The molecule has 0 radical (unpaired) electrons. The van der Waals surface area contributed by atoms with E-state index in [0.29, 0.717) is 0 Å². The Hall–Kier alpha value is -1.78. The third kappa shape index (κ3) is 2.21. The quantitative estimate of drug-likeness (QED) is 0.730. The van der Waals surface area contributed by atoms with Gasteiger partial charge in [-0.25, -0.2) is 9.78 Å². The number of aromatic nitrogens is 1. The van der Waals surface area contributed by atoms with E-state index in [1.54, 1.807) is 4.90 Å². The van der Waals surface area contributed by atoms with Crippen molar-refractivity contribution in [1.29, 1.82) is 0 Å². The van der Waals surface area contributed by atoms with Gasteiger partial charge < -0.3 is 9.64 Å². The summed E-state index contributed by atoms with van der Waals surface area (Å²) in [6.07, 6.45) is 0.678. The normalized spacial score (nSPS) is 20.9. The predicted octanol–water partition coefficient (Wildman–Crippen LogP) is 2.72. The second-order valence-electron chi connectivity index (χ2n) is 6.53. The fourth-order valence-electron chi connectivity index (χ4n) is 2.85. The Morgan fingerprint density at radius 1 is 1.40 bits per heavy atom. The van der Waals surface area contributed by atoms with E-state index in [4.69, 9.17) is 4.74 Å². The molecule has 0 unspecified atom stereocenters. The monoisotopic (exact) mass is 275 g/mol. The number of carbonyl (C=O) groups excluding carboxylic acids is 1. The van der Waals surface area contributed by atoms with Gasteiger partial charge in [0.15, 0.2) is 5.82 Å². The lowest BCUT2D eigenvalue weighted by Gasteiger charge is -2.36. The van der Waals surface area contributed by atoms with E-state index in [0.717, 1.165) is 36.7 Å². The van der Waals surface area contributed by atoms with Crippen LogP contribution in [0.2, 0.25) is 0 Å². The van der Waals surface area contributed by atoms with Crippen molar-refractivity contribution in [3.8, 4) is 0 Å². The minimum absolute atomic E-state index is 0.173. The van der Waals surface area contributed by atoms with Crippen molar-refractivity contribution in [3.63, 3.8) is 0 Å². The molecule has 108 valence electrons. The molecule has 2 aliphatic rings. The van der Waals surface area contributed by atoms with Gasteiger partial charge in [-0.3, -0.25) is 4.90 Å². The predicted molar refractivity (Wildman–Crippen MR) is 78.3 cm³/mol. The number of fused-ring (bicyclic) bond motifs is 4. The molecule has 0 aromatic carbocycles. The Kier molecular flexibility index (Phi) is 2.88. The first kappa shape index (κ1) is 13.2. The van der Waals surface area contributed by atoms with Gasteiger partial charge in [0.25, 0.3) is 0 Å². The van der Waals surface area contributed by atoms with Crippen LogP contribution in [0.1, 0.15) is 32.9 Å². The molecule has 3 heterocycles. The molecule has 1 saturated heterocycles. The third-order valence-corrected chi connectivity index (χ3v) is 3.68. The molecule has 1 aromatic rings. The number of ether oxygens (including phenoxy) is 1. The van der Waals surface area contributed by atoms with Crippen molar-refractivity contribution in [2.24, 2.45) is 0 Å². The van der Waals surface area contributed by atoms with Crippen molar-refractivity contribution in [2.75, 3.05) is 22.9 Å². The number of nitrogens with zero attached hydrogens (tertiary/aromatic N) is 3. The highest BCUT2D eigenvalue weighted by Crippen LogP contribution is 2.39. The average Bonchev–Trinajstić information content (AvgIpc) is 2.71. The van der Waals surface area contributed by atoms with Crippen LogP contribution in [0.3, 0.4) is 0 Å². The Morgan fingerprint density at radius 3 is 2.85 bits per heavy atom. The number of aryl methyl sites for hydroxylation is 1. The number of amides is 1. The molecule has 1 fully saturated rings. The van der Waals surface area contributed by atoms with Crippen LogP contribution >= 0.6 is 0 Å². The minimum Gasteiger partial charge on any atom is -0.443 e. The van der Waals surface area contributed by atoms with Gasteiger partial charge in [-0.15, -0.1) is 0 Å². The zero-order valence-corrected chi connectivity index (χ0v) is 12.5. The van der Waals surface area contributed by atoms with Crippen LogP contribution in [0.5, 0.6) is 0 Å². The standard InChI is InChI=1S/C15H21N3O2/c1-10-5-6-12-13(16-10)18(11-7-8-17(12)9-11)14(19)20-15(2,3)4/h5-6,11H,7-9H2,1-4H3/t11-/m0/s1. The van der Waals surface area contributed by atoms with Gasteiger partial charge in [0.2, 0.25) is 0 Å². The van der Waals surface area contributed by atoms with E-state index in [-0.39, 0.29) is 12.1 Å². The van der Waals surface area contributed by atoms with Crippen LogP contribution in [0.4, 0.5) is 16.3 Å². The van der Waals surface area contributed by atoms with E-state index >= 15 is 0 Å². The molecule has 3 rings (SSSR count). The Morgan fingerprint density at radius 2 is 2.15 bits per heavy atom. The maximum atomic E-state index is 12.5. The van der Waals surface area contributed by atoms with Crippen molar-refractivity contribution in [3.05, 3.63) is 17.8 Å². The van der Waals surface area contributed by atoms with Gasteiger partial charge in [-0.05, 0) is 46.2 Å². The maximum absolute atomic E-state index is 12.5. The first-order chi connectivity index (χ1) is 9.35. The second-order valence-corrected chi connectivity index (χ2v) is 6.53. The summed E-state index contributed by atoms with van der Waals surface area (Å²) >= 11 is 0. The van der Waals surface area contributed by atoms with Crippen LogP contribution < -0.4 is 9.80 Å². The summed E-state index contributed by atoms with van der Waals surface area (Å²) in [5.41, 5.74) is 1.46. The lowest BCUT2D eigenvalue weighted by Crippen LogP contribution is -2.48. The molecule has 1 atom stereocenters. The minimum atomic E-state index is -0.489. The highest BCUT2D eigenvalue weighted by molar-refractivity contribution is 5.93. The number of anilines is 2. The highest BCUT2D eigenvalue weighted by atomic mass is 16.6. The molecule has 0 aliphatic carbocycles. The number of rotatable bonds is 0. The van der Waals surface area contributed by atoms with Crippen molar-refractivity contribution >= 4 is 17.6 Å². The summed E-state index contributed by atoms with van der Waals surface area (Å²) in [6.45, 7) is 9.46. The molecule has 1 aromatic heterocycles. The van der Waals surface area contributed by atoms with Gasteiger partial charge in [0, 0.05) is 18.8 Å². The molecule has 1 amide bonds. The van der Waals surface area contributed by atoms with Crippen LogP contribution in [-0.2, 0) is 4.74 Å². The molecule has 0 saturated carbocycles. The lowest BCUT2D eigenvalue weighted by molar-refractivity contribution is 0.0566. The summed E-state index contributed by atoms with van der Waals surface area (Å²) in [7, 11) is 0. The average molecular weight is 275 g/mol. The summed E-state index contributed by atoms with van der Waals surface area (Å²) in [5, 5.41) is 0. The largest absolute Gasteiger partial charge is 0.443 e. The highest BCUT2D eigenvalue weighted by Gasteiger charge is 2.41. The maximum Gasteiger partial charge on any atom is 0.416 e. The first-order valence-corrected chi connectivity index (χ1v) is 7.10. The van der Waals surface area contributed by atoms with Crippen LogP contribution in [-0.4, -0.2) is 35.8 Å². The number of hydrogen-bond acceptors (Lipinski definition) is 4. The summed E-state index contributed by atoms with van der Waals surface area (Å²) in [5.74, 6) is 0.744. The summed E-state index contributed by atoms with van der Waals surface area (Å²) in [6, 6.07) is 4.22. The van der Waals surface area contributed by atoms with E-state index in [1.165, 1.54) is 0 Å². The van der Waals surface area contributed by atoms with Gasteiger partial charge in [-0.2, -0.15) is 0 Å². The second kappa shape index (κ2) is 4.36. The van der Waals surface area contributed by atoms with Gasteiger partial charge in [0.05, 0.1) is 11.7 Å². The number of carbonyl (C=O) groups is 1. The Balaban J connectivity index is 1.99. The van der Waals surface area contributed by atoms with E-state index in [9.17, 15) is 4.79 Å². The van der Waals surface area contributed by atoms with Gasteiger partial charge in [0.1, 0.15) is 5.60 Å². The SMILES string of the molecule is Cc1ccc2c(n1)N(C(=O)OC(C)(C)C)[C@H]1CCN2C1. The molecule has 2 aliphatic heterocycles. The lowest BCUT2D eigenvalue weighted by atomic mass is 10.1. The molecule has 0 N–H and O–H groups in total. The van der Waals surface area contributed by atoms with Crippen LogP contribution in [0.25, 0.3) is 0 Å². The van der Waals surface area contributed by atoms with E-state index < -0.39 is 5.60 Å². The number of hydrogen-bond donors (Lipinski definition) is 0. The molecular weight excluding hydrogens is 254 g/mol. The molecule has 5 heteroatoms. The van der Waals surface area contributed by atoms with E-state index in [2.05, 4.69) is 16.0 Å². The molecule has 2 bridgehead atoms. The van der Waals surface area contributed by atoms with Crippen molar-refractivity contribution in [1.82, 2.24) is 4.98 Å². The third-order valence-electron chi connectivity index (χ3n) is 3.68. The fraction of sp³-hybridized carbons (Fsp3) is 0.600. The van der Waals surface area contributed by atoms with Crippen molar-refractivity contribution < 1.29 is 9.53 Å². The Labute approximate surface area is 119 Å². The summed E-state index contributed by atoms with van der Waals surface area (Å²) in [4.78, 5) is 21.1. The van der Waals surface area contributed by atoms with Crippen LogP contribution in [0, 0.1) is 6.92 Å². The van der Waals surface area contributed by atoms with Gasteiger partial charge in [-0.1, -0.05) is 0 Å².